The van der Waals surface area contributed by atoms with Gasteiger partial charge in [-0.1, -0.05) is 30.3 Å². The predicted octanol–water partition coefficient (Wildman–Crippen LogP) is 2.59. The lowest BCUT2D eigenvalue weighted by atomic mass is 10.2. The van der Waals surface area contributed by atoms with Crippen LogP contribution in [0.3, 0.4) is 0 Å². The van der Waals surface area contributed by atoms with E-state index in [2.05, 4.69) is 17.1 Å². The third kappa shape index (κ3) is 2.26. The molecular weight excluding hydrogens is 252 g/mol. The van der Waals surface area contributed by atoms with Crippen LogP contribution in [-0.4, -0.2) is 21.8 Å². The molecule has 0 bridgehead atoms. The van der Waals surface area contributed by atoms with E-state index in [4.69, 9.17) is 4.74 Å². The van der Waals surface area contributed by atoms with E-state index in [0.717, 1.165) is 16.8 Å². The maximum atomic E-state index is 9.51. The van der Waals surface area contributed by atoms with Crippen molar-refractivity contribution >= 4 is 11.0 Å². The fourth-order valence-electron chi connectivity index (χ4n) is 2.35. The van der Waals surface area contributed by atoms with Gasteiger partial charge < -0.3 is 14.4 Å². The first-order valence-corrected chi connectivity index (χ1v) is 6.50. The van der Waals surface area contributed by atoms with Gasteiger partial charge in [0.2, 0.25) is 0 Å². The van der Waals surface area contributed by atoms with E-state index in [9.17, 15) is 5.11 Å². The molecule has 0 amide bonds. The summed E-state index contributed by atoms with van der Waals surface area (Å²) in [5.74, 6) is 1.43. The lowest BCUT2D eigenvalue weighted by Crippen LogP contribution is -2.04. The number of hydrogen-bond acceptors (Lipinski definition) is 3. The molecule has 20 heavy (non-hydrogen) atoms. The lowest BCUT2D eigenvalue weighted by Gasteiger charge is -2.08. The van der Waals surface area contributed by atoms with Gasteiger partial charge in [0.15, 0.2) is 0 Å². The Morgan fingerprint density at radius 2 is 1.95 bits per heavy atom. The molecule has 0 unspecified atom stereocenters. The van der Waals surface area contributed by atoms with Crippen molar-refractivity contribution in [3.05, 3.63) is 59.9 Å². The number of hydrogen-bond donors (Lipinski definition) is 1. The zero-order valence-corrected chi connectivity index (χ0v) is 11.3. The minimum atomic E-state index is -0.0795. The van der Waals surface area contributed by atoms with Crippen molar-refractivity contribution in [2.75, 3.05) is 7.11 Å². The molecule has 1 heterocycles. The Balaban J connectivity index is 2.08. The van der Waals surface area contributed by atoms with Crippen molar-refractivity contribution < 1.29 is 9.84 Å². The molecule has 0 spiro atoms. The molecule has 1 N–H and O–H groups in total. The Morgan fingerprint density at radius 1 is 1.15 bits per heavy atom. The average molecular weight is 268 g/mol. The van der Waals surface area contributed by atoms with Gasteiger partial charge in [0.25, 0.3) is 0 Å². The fraction of sp³-hybridized carbons (Fsp3) is 0.188. The van der Waals surface area contributed by atoms with Gasteiger partial charge in [0, 0.05) is 12.6 Å². The van der Waals surface area contributed by atoms with E-state index in [0.29, 0.717) is 12.4 Å². The van der Waals surface area contributed by atoms with Gasteiger partial charge in [0.1, 0.15) is 18.2 Å². The van der Waals surface area contributed by atoms with E-state index in [1.807, 2.05) is 41.0 Å². The number of fused-ring (bicyclic) bond motifs is 1. The van der Waals surface area contributed by atoms with Crippen LogP contribution in [0.4, 0.5) is 0 Å². The van der Waals surface area contributed by atoms with Gasteiger partial charge >= 0.3 is 0 Å². The molecule has 0 aliphatic carbocycles. The molecule has 0 aliphatic rings. The maximum absolute atomic E-state index is 9.51. The topological polar surface area (TPSA) is 47.3 Å². The summed E-state index contributed by atoms with van der Waals surface area (Å²) in [6.45, 7) is 0.614. The van der Waals surface area contributed by atoms with Crippen molar-refractivity contribution in [2.45, 2.75) is 13.2 Å². The second-order valence-electron chi connectivity index (χ2n) is 4.61. The Hall–Kier alpha value is -2.33. The molecule has 0 atom stereocenters. The molecule has 4 nitrogen and oxygen atoms in total. The summed E-state index contributed by atoms with van der Waals surface area (Å²) in [4.78, 5) is 4.47. The minimum Gasteiger partial charge on any atom is -0.497 e. The molecule has 0 aliphatic heterocycles. The first kappa shape index (κ1) is 12.7. The van der Waals surface area contributed by atoms with Crippen molar-refractivity contribution in [3.8, 4) is 5.75 Å². The number of methoxy groups -OCH3 is 1. The highest BCUT2D eigenvalue weighted by Gasteiger charge is 2.11. The van der Waals surface area contributed by atoms with Gasteiger partial charge in [-0.2, -0.15) is 0 Å². The summed E-state index contributed by atoms with van der Waals surface area (Å²) in [5.41, 5.74) is 3.01. The third-order valence-corrected chi connectivity index (χ3v) is 3.36. The Morgan fingerprint density at radius 3 is 2.65 bits per heavy atom. The summed E-state index contributed by atoms with van der Waals surface area (Å²) in [5, 5.41) is 9.51. The molecular formula is C16H16N2O2. The summed E-state index contributed by atoms with van der Waals surface area (Å²) in [7, 11) is 1.63. The van der Waals surface area contributed by atoms with Crippen molar-refractivity contribution in [1.82, 2.24) is 9.55 Å². The van der Waals surface area contributed by atoms with Crippen molar-refractivity contribution in [2.24, 2.45) is 0 Å². The summed E-state index contributed by atoms with van der Waals surface area (Å²) >= 11 is 0. The molecule has 3 aromatic rings. The second-order valence-corrected chi connectivity index (χ2v) is 4.61. The van der Waals surface area contributed by atoms with Gasteiger partial charge in [0.05, 0.1) is 18.1 Å². The quantitative estimate of drug-likeness (QED) is 0.791. The first-order valence-electron chi connectivity index (χ1n) is 6.50. The highest BCUT2D eigenvalue weighted by atomic mass is 16.5. The molecule has 0 saturated heterocycles. The van der Waals surface area contributed by atoms with Gasteiger partial charge in [-0.3, -0.25) is 0 Å². The van der Waals surface area contributed by atoms with E-state index in [1.54, 1.807) is 7.11 Å². The summed E-state index contributed by atoms with van der Waals surface area (Å²) in [6.07, 6.45) is 0. The number of ether oxygens (including phenoxy) is 1. The van der Waals surface area contributed by atoms with E-state index in [1.165, 1.54) is 5.56 Å². The Labute approximate surface area is 117 Å². The molecule has 0 saturated carbocycles. The van der Waals surface area contributed by atoms with Crippen molar-refractivity contribution in [3.63, 3.8) is 0 Å². The van der Waals surface area contributed by atoms with Gasteiger partial charge in [-0.05, 0) is 17.7 Å². The monoisotopic (exact) mass is 268 g/mol. The van der Waals surface area contributed by atoms with Crippen LogP contribution in [0, 0.1) is 0 Å². The molecule has 3 rings (SSSR count). The third-order valence-electron chi connectivity index (χ3n) is 3.36. The standard InChI is InChI=1S/C16H16N2O2/c1-20-13-7-8-15-14(9-13)17-16(11-19)18(15)10-12-5-3-2-4-6-12/h2-9,19H,10-11H2,1H3. The lowest BCUT2D eigenvalue weighted by molar-refractivity contribution is 0.267. The molecule has 4 heteroatoms. The minimum absolute atomic E-state index is 0.0795. The second kappa shape index (κ2) is 5.35. The van der Waals surface area contributed by atoms with Crippen LogP contribution in [0.5, 0.6) is 5.75 Å². The molecule has 1 aromatic heterocycles. The van der Waals surface area contributed by atoms with Gasteiger partial charge in [-0.25, -0.2) is 4.98 Å². The molecule has 2 aromatic carbocycles. The summed E-state index contributed by atoms with van der Waals surface area (Å²) in [6, 6.07) is 15.9. The number of aliphatic hydroxyl groups excluding tert-OH is 1. The van der Waals surface area contributed by atoms with Crippen LogP contribution in [0.1, 0.15) is 11.4 Å². The smallest absolute Gasteiger partial charge is 0.136 e. The van der Waals surface area contributed by atoms with Crippen LogP contribution in [0.2, 0.25) is 0 Å². The molecule has 0 radical (unpaired) electrons. The zero-order chi connectivity index (χ0) is 13.9. The fourth-order valence-corrected chi connectivity index (χ4v) is 2.35. The normalized spacial score (nSPS) is 10.9. The Kier molecular flexibility index (Phi) is 3.39. The number of benzene rings is 2. The predicted molar refractivity (Wildman–Crippen MR) is 77.8 cm³/mol. The van der Waals surface area contributed by atoms with E-state index >= 15 is 0 Å². The summed E-state index contributed by atoms with van der Waals surface area (Å²) < 4.78 is 7.24. The van der Waals surface area contributed by atoms with Crippen LogP contribution in [0.25, 0.3) is 11.0 Å². The Bertz CT molecular complexity index is 720. The largest absolute Gasteiger partial charge is 0.497 e. The maximum Gasteiger partial charge on any atom is 0.136 e. The number of rotatable bonds is 4. The molecule has 0 fully saturated rings. The highest BCUT2D eigenvalue weighted by molar-refractivity contribution is 5.78. The van der Waals surface area contributed by atoms with Crippen LogP contribution in [-0.2, 0) is 13.2 Å². The molecule has 102 valence electrons. The SMILES string of the molecule is COc1ccc2c(c1)nc(CO)n2Cc1ccccc1. The van der Waals surface area contributed by atoms with Crippen LogP contribution in [0.15, 0.2) is 48.5 Å². The average Bonchev–Trinajstić information content (AvgIpc) is 2.85. The number of aliphatic hydroxyl groups is 1. The highest BCUT2D eigenvalue weighted by Crippen LogP contribution is 2.22. The number of aromatic nitrogens is 2. The first-order chi connectivity index (χ1) is 9.81. The zero-order valence-electron chi connectivity index (χ0n) is 11.3. The number of imidazole rings is 1. The van der Waals surface area contributed by atoms with E-state index in [-0.39, 0.29) is 6.61 Å². The number of nitrogens with zero attached hydrogens (tertiary/aromatic N) is 2. The van der Waals surface area contributed by atoms with Gasteiger partial charge in [-0.15, -0.1) is 0 Å². The van der Waals surface area contributed by atoms with Crippen LogP contribution < -0.4 is 4.74 Å². The van der Waals surface area contributed by atoms with Crippen LogP contribution >= 0.6 is 0 Å². The van der Waals surface area contributed by atoms with Crippen molar-refractivity contribution in [1.29, 1.82) is 0 Å². The van der Waals surface area contributed by atoms with E-state index < -0.39 is 0 Å².